The number of nitrogens with two attached hydrogens (primary N) is 1. The van der Waals surface area contributed by atoms with E-state index in [2.05, 4.69) is 15.0 Å². The Labute approximate surface area is 200 Å². The van der Waals surface area contributed by atoms with Crippen LogP contribution in [0.15, 0.2) is 54.0 Å². The average molecular weight is 503 g/mol. The first-order chi connectivity index (χ1) is 16.1. The van der Waals surface area contributed by atoms with Crippen LogP contribution in [0.2, 0.25) is 0 Å². The van der Waals surface area contributed by atoms with Gasteiger partial charge < -0.3 is 21.1 Å². The van der Waals surface area contributed by atoms with Crippen molar-refractivity contribution >= 4 is 50.6 Å². The Morgan fingerprint density at radius 1 is 1.24 bits per heavy atom. The van der Waals surface area contributed by atoms with Crippen molar-refractivity contribution in [2.45, 2.75) is 12.2 Å². The number of thiophene rings is 1. The van der Waals surface area contributed by atoms with Gasteiger partial charge >= 0.3 is 16.2 Å². The van der Waals surface area contributed by atoms with Gasteiger partial charge in [-0.15, -0.1) is 11.3 Å². The molecule has 1 aliphatic heterocycles. The first kappa shape index (κ1) is 23.5. The van der Waals surface area contributed by atoms with Crippen molar-refractivity contribution in [3.05, 3.63) is 70.0 Å². The molecule has 13 heteroatoms. The van der Waals surface area contributed by atoms with Crippen LogP contribution >= 0.6 is 11.3 Å². The van der Waals surface area contributed by atoms with Gasteiger partial charge in [-0.25, -0.2) is 9.78 Å². The van der Waals surface area contributed by atoms with Crippen molar-refractivity contribution in [2.24, 2.45) is 5.73 Å². The molecule has 1 aromatic carbocycles. The highest BCUT2D eigenvalue weighted by atomic mass is 32.2. The zero-order valence-electron chi connectivity index (χ0n) is 18.2. The van der Waals surface area contributed by atoms with Crippen LogP contribution in [0.4, 0.5) is 17.2 Å². The maximum atomic E-state index is 12.8. The normalized spacial score (nSPS) is 16.1. The van der Waals surface area contributed by atoms with E-state index in [1.807, 2.05) is 17.5 Å². The van der Waals surface area contributed by atoms with Gasteiger partial charge in [0, 0.05) is 30.9 Å². The molecule has 3 heterocycles. The van der Waals surface area contributed by atoms with E-state index >= 15 is 0 Å². The fourth-order valence-corrected chi connectivity index (χ4v) is 5.08. The Morgan fingerprint density at radius 3 is 2.50 bits per heavy atom. The lowest BCUT2D eigenvalue weighted by atomic mass is 10.0. The molecule has 0 bridgehead atoms. The molecule has 4 rings (SSSR count). The van der Waals surface area contributed by atoms with Gasteiger partial charge in [-0.1, -0.05) is 18.2 Å². The molecule has 3 aromatic rings. The van der Waals surface area contributed by atoms with E-state index in [1.54, 1.807) is 17.0 Å². The number of carboxylic acids is 1. The van der Waals surface area contributed by atoms with E-state index in [0.717, 1.165) is 9.18 Å². The van der Waals surface area contributed by atoms with Gasteiger partial charge in [-0.05, 0) is 35.2 Å². The average Bonchev–Trinajstić information content (AvgIpc) is 3.42. The van der Waals surface area contributed by atoms with Crippen LogP contribution in [0, 0.1) is 0 Å². The summed E-state index contributed by atoms with van der Waals surface area (Å²) in [5.74, 6) is -1.56. The molecule has 0 aliphatic carbocycles. The zero-order chi connectivity index (χ0) is 24.6. The summed E-state index contributed by atoms with van der Waals surface area (Å²) in [6.07, 6.45) is 0.794. The number of rotatable bonds is 8. The Bertz CT molecular complexity index is 1330. The minimum absolute atomic E-state index is 0.0295. The minimum atomic E-state index is -3.71. The minimum Gasteiger partial charge on any atom is -0.478 e. The van der Waals surface area contributed by atoms with Gasteiger partial charge in [-0.3, -0.25) is 9.52 Å². The van der Waals surface area contributed by atoms with E-state index in [0.29, 0.717) is 17.1 Å². The molecule has 34 heavy (non-hydrogen) atoms. The summed E-state index contributed by atoms with van der Waals surface area (Å²) in [4.78, 5) is 31.5. The largest absolute Gasteiger partial charge is 0.478 e. The molecule has 0 saturated carbocycles. The van der Waals surface area contributed by atoms with Gasteiger partial charge in [0.1, 0.15) is 12.2 Å². The number of nitrogens with zero attached hydrogens (tertiary/aromatic N) is 3. The summed E-state index contributed by atoms with van der Waals surface area (Å²) >= 11 is 1.43. The lowest BCUT2D eigenvalue weighted by Gasteiger charge is -2.33. The monoisotopic (exact) mass is 502 g/mol. The Morgan fingerprint density at radius 2 is 1.94 bits per heavy atom. The smallest absolute Gasteiger partial charge is 0.338 e. The van der Waals surface area contributed by atoms with Crippen molar-refractivity contribution < 1.29 is 23.1 Å². The maximum absolute atomic E-state index is 12.8. The Balaban J connectivity index is 1.80. The molecular weight excluding hydrogens is 480 g/mol. The second-order valence-electron chi connectivity index (χ2n) is 7.65. The van der Waals surface area contributed by atoms with Crippen LogP contribution in [-0.2, 0) is 15.0 Å². The number of carbonyl (C=O) groups excluding carboxylic acids is 1. The molecule has 1 amide bonds. The summed E-state index contributed by atoms with van der Waals surface area (Å²) < 4.78 is 27.7. The molecule has 2 atom stereocenters. The number of nitrogens with one attached hydrogen (secondary N) is 2. The third kappa shape index (κ3) is 4.27. The van der Waals surface area contributed by atoms with E-state index in [9.17, 15) is 23.1 Å². The number of aromatic carboxylic acids is 1. The number of hydrogen-bond donors (Lipinski definition) is 4. The summed E-state index contributed by atoms with van der Waals surface area (Å²) in [5.41, 5.74) is 6.80. The SMILES string of the molecule is CN(C)S(=O)(=O)Nc1ccc(C(C(N)=O)N2c3c(C(=O)O)ccnc3NC2c2cccs2)cc1. The number of primary amides is 1. The number of aromatic nitrogens is 1. The highest BCUT2D eigenvalue weighted by Crippen LogP contribution is 2.47. The van der Waals surface area contributed by atoms with E-state index in [4.69, 9.17) is 5.73 Å². The zero-order valence-corrected chi connectivity index (χ0v) is 19.8. The number of anilines is 3. The topological polar surface area (TPSA) is 158 Å². The van der Waals surface area contributed by atoms with E-state index < -0.39 is 34.3 Å². The quantitative estimate of drug-likeness (QED) is 0.365. The van der Waals surface area contributed by atoms with Gasteiger partial charge in [0.15, 0.2) is 5.82 Å². The summed E-state index contributed by atoms with van der Waals surface area (Å²) in [7, 11) is -0.912. The number of amides is 1. The molecule has 11 nitrogen and oxygen atoms in total. The third-order valence-corrected chi connectivity index (χ3v) is 7.66. The summed E-state index contributed by atoms with van der Waals surface area (Å²) in [5, 5.41) is 14.9. The number of carbonyl (C=O) groups is 2. The molecule has 0 saturated heterocycles. The fourth-order valence-electron chi connectivity index (χ4n) is 3.69. The third-order valence-electron chi connectivity index (χ3n) is 5.28. The molecule has 0 radical (unpaired) electrons. The van der Waals surface area contributed by atoms with Crippen LogP contribution in [-0.4, -0.2) is 48.8 Å². The molecule has 1 aliphatic rings. The van der Waals surface area contributed by atoms with Crippen LogP contribution in [0.1, 0.15) is 33.0 Å². The summed E-state index contributed by atoms with van der Waals surface area (Å²) in [6, 6.07) is 10.2. The molecule has 0 spiro atoms. The number of pyridine rings is 1. The molecule has 0 fully saturated rings. The van der Waals surface area contributed by atoms with Crippen molar-refractivity contribution in [3.8, 4) is 0 Å². The van der Waals surface area contributed by atoms with Crippen molar-refractivity contribution in [3.63, 3.8) is 0 Å². The molecule has 2 unspecified atom stereocenters. The van der Waals surface area contributed by atoms with Gasteiger partial charge in [0.05, 0.1) is 11.3 Å². The Hall–Kier alpha value is -3.68. The van der Waals surface area contributed by atoms with Gasteiger partial charge in [0.2, 0.25) is 5.91 Å². The molecule has 178 valence electrons. The van der Waals surface area contributed by atoms with Crippen molar-refractivity contribution in [1.29, 1.82) is 0 Å². The number of fused-ring (bicyclic) bond motifs is 1. The van der Waals surface area contributed by atoms with Gasteiger partial charge in [0.25, 0.3) is 0 Å². The Kier molecular flexibility index (Phi) is 6.17. The highest BCUT2D eigenvalue weighted by molar-refractivity contribution is 7.90. The van der Waals surface area contributed by atoms with Crippen LogP contribution in [0.5, 0.6) is 0 Å². The van der Waals surface area contributed by atoms with Crippen LogP contribution in [0.25, 0.3) is 0 Å². The number of hydrogen-bond acceptors (Lipinski definition) is 8. The number of benzene rings is 1. The first-order valence-electron chi connectivity index (χ1n) is 10.0. The lowest BCUT2D eigenvalue weighted by Crippen LogP contribution is -2.40. The molecule has 5 N–H and O–H groups in total. The predicted octanol–water partition coefficient (Wildman–Crippen LogP) is 2.22. The van der Waals surface area contributed by atoms with Crippen LogP contribution < -0.4 is 20.7 Å². The van der Waals surface area contributed by atoms with Crippen molar-refractivity contribution in [2.75, 3.05) is 29.0 Å². The van der Waals surface area contributed by atoms with Crippen LogP contribution in [0.3, 0.4) is 0 Å². The standard InChI is InChI=1S/C21H22N6O5S2/c1-26(2)34(31,32)25-13-7-5-12(6-8-13)16(18(22)28)27-17-14(21(29)30)9-10-23-19(17)24-20(27)15-4-3-11-33-15/h3-11,16,20,25H,1-2H3,(H2,22,28)(H,23,24)(H,29,30). The predicted molar refractivity (Wildman–Crippen MR) is 129 cm³/mol. The summed E-state index contributed by atoms with van der Waals surface area (Å²) in [6.45, 7) is 0. The number of carboxylic acid groups (broad SMARTS) is 1. The second kappa shape index (κ2) is 8.93. The van der Waals surface area contributed by atoms with E-state index in [1.165, 1.54) is 49.8 Å². The first-order valence-corrected chi connectivity index (χ1v) is 12.3. The van der Waals surface area contributed by atoms with Crippen molar-refractivity contribution in [1.82, 2.24) is 9.29 Å². The molecule has 2 aromatic heterocycles. The fraction of sp³-hybridized carbons (Fsp3) is 0.190. The molecular formula is C21H22N6O5S2. The van der Waals surface area contributed by atoms with E-state index in [-0.39, 0.29) is 11.3 Å². The second-order valence-corrected chi connectivity index (χ2v) is 10.5. The van der Waals surface area contributed by atoms with Gasteiger partial charge in [-0.2, -0.15) is 12.7 Å². The maximum Gasteiger partial charge on any atom is 0.338 e. The lowest BCUT2D eigenvalue weighted by molar-refractivity contribution is -0.119. The highest BCUT2D eigenvalue weighted by Gasteiger charge is 2.42.